The molecule has 0 radical (unpaired) electrons. The number of fused-ring (bicyclic) bond motifs is 3. The Morgan fingerprint density at radius 2 is 1.62 bits per heavy atom. The van der Waals surface area contributed by atoms with E-state index in [1.165, 1.54) is 72.1 Å². The van der Waals surface area contributed by atoms with Crippen LogP contribution in [0.1, 0.15) is 55.9 Å². The minimum Gasteiger partial charge on any atom is -0.371 e. The number of hydrogen-bond donors (Lipinski definition) is 0. The summed E-state index contributed by atoms with van der Waals surface area (Å²) in [7, 11) is 0. The molecule has 0 aliphatic carbocycles. The largest absolute Gasteiger partial charge is 0.371 e. The van der Waals surface area contributed by atoms with E-state index in [2.05, 4.69) is 103 Å². The minimum absolute atomic E-state index is 0.0317. The molecule has 0 spiro atoms. The number of nitrogens with zero attached hydrogens (tertiary/aromatic N) is 2. The van der Waals surface area contributed by atoms with Gasteiger partial charge in [0.15, 0.2) is 5.71 Å². The van der Waals surface area contributed by atoms with Crippen molar-refractivity contribution in [1.82, 2.24) is 0 Å². The van der Waals surface area contributed by atoms with Gasteiger partial charge in [0.2, 0.25) is 5.69 Å². The average Bonchev–Trinajstić information content (AvgIpc) is 3.08. The molecule has 172 valence electrons. The van der Waals surface area contributed by atoms with Crippen molar-refractivity contribution >= 4 is 33.9 Å². The maximum Gasteiger partial charge on any atom is 0.210 e. The molecule has 0 unspecified atom stereocenters. The first-order chi connectivity index (χ1) is 16.6. The smallest absolute Gasteiger partial charge is 0.210 e. The molecule has 3 aromatic rings. The van der Waals surface area contributed by atoms with Gasteiger partial charge in [-0.2, -0.15) is 4.58 Å². The van der Waals surface area contributed by atoms with Gasteiger partial charge in [0.1, 0.15) is 6.54 Å². The molecule has 0 amide bonds. The van der Waals surface area contributed by atoms with Crippen LogP contribution in [0, 0.1) is 0 Å². The number of aryl methyl sites for hydroxylation is 2. The summed E-state index contributed by atoms with van der Waals surface area (Å²) < 4.78 is 2.49. The fourth-order valence-electron chi connectivity index (χ4n) is 6.62. The third-order valence-electron chi connectivity index (χ3n) is 8.08. The van der Waals surface area contributed by atoms with E-state index in [1.807, 2.05) is 0 Å². The quantitative estimate of drug-likeness (QED) is 0.303. The molecular weight excluding hydrogens is 412 g/mol. The predicted molar refractivity (Wildman–Crippen MR) is 146 cm³/mol. The molecule has 2 heteroatoms. The van der Waals surface area contributed by atoms with Gasteiger partial charge in [-0.3, -0.25) is 0 Å². The van der Waals surface area contributed by atoms with Crippen LogP contribution in [0.15, 0.2) is 66.8 Å². The highest BCUT2D eigenvalue weighted by Gasteiger charge is 2.44. The SMILES string of the molecule is CC[N+]1=C(C=CC=Cc2cc3c4c(c2)CCCN4CCC3)C(C)(C)c2c1ccc1ccccc21. The molecule has 3 aliphatic heterocycles. The van der Waals surface area contributed by atoms with Crippen LogP contribution in [-0.4, -0.2) is 29.9 Å². The van der Waals surface area contributed by atoms with Crippen molar-refractivity contribution in [3.63, 3.8) is 0 Å². The summed E-state index contributed by atoms with van der Waals surface area (Å²) in [6.45, 7) is 10.4. The molecule has 3 aliphatic rings. The third kappa shape index (κ3) is 3.35. The van der Waals surface area contributed by atoms with Gasteiger partial charge < -0.3 is 4.90 Å². The molecule has 0 bridgehead atoms. The number of anilines is 1. The van der Waals surface area contributed by atoms with Crippen molar-refractivity contribution in [3.05, 3.63) is 89.0 Å². The van der Waals surface area contributed by atoms with Crippen molar-refractivity contribution in [3.8, 4) is 0 Å². The number of allylic oxidation sites excluding steroid dienone is 3. The fraction of sp³-hybridized carbons (Fsp3) is 0.344. The minimum atomic E-state index is -0.0317. The maximum atomic E-state index is 2.62. The molecule has 0 N–H and O–H groups in total. The van der Waals surface area contributed by atoms with E-state index in [-0.39, 0.29) is 5.41 Å². The van der Waals surface area contributed by atoms with E-state index in [9.17, 15) is 0 Å². The third-order valence-corrected chi connectivity index (χ3v) is 8.08. The second-order valence-corrected chi connectivity index (χ2v) is 10.5. The zero-order valence-corrected chi connectivity index (χ0v) is 20.8. The van der Waals surface area contributed by atoms with E-state index < -0.39 is 0 Å². The average molecular weight is 448 g/mol. The van der Waals surface area contributed by atoms with Gasteiger partial charge in [-0.15, -0.1) is 0 Å². The summed E-state index contributed by atoms with van der Waals surface area (Å²) in [4.78, 5) is 2.62. The van der Waals surface area contributed by atoms with Gasteiger partial charge in [-0.05, 0) is 92.1 Å². The first-order valence-corrected chi connectivity index (χ1v) is 13.0. The standard InChI is InChI=1S/C32H35N2/c1-4-34-28-18-17-24-12-6-7-15-27(24)30(28)32(2,3)29(34)16-8-5-11-23-21-25-13-9-19-33-20-10-14-26(22-23)31(25)33/h5-8,11-12,15-18,21-22H,4,9-10,13-14,19-20H2,1-3H3/q+1. The van der Waals surface area contributed by atoms with Gasteiger partial charge in [0, 0.05) is 36.5 Å². The summed E-state index contributed by atoms with van der Waals surface area (Å²) in [5.41, 5.74) is 10.2. The Kier molecular flexibility index (Phi) is 5.21. The van der Waals surface area contributed by atoms with Crippen LogP contribution in [0.5, 0.6) is 0 Å². The normalized spacial score (nSPS) is 18.9. The van der Waals surface area contributed by atoms with Crippen LogP contribution in [0.2, 0.25) is 0 Å². The highest BCUT2D eigenvalue weighted by Crippen LogP contribution is 2.44. The first kappa shape index (κ1) is 21.4. The number of benzene rings is 3. The summed E-state index contributed by atoms with van der Waals surface area (Å²) in [6.07, 6.45) is 14.1. The second-order valence-electron chi connectivity index (χ2n) is 10.5. The Morgan fingerprint density at radius 1 is 0.912 bits per heavy atom. The summed E-state index contributed by atoms with van der Waals surface area (Å²) in [5, 5.41) is 2.70. The zero-order valence-electron chi connectivity index (χ0n) is 20.8. The molecule has 0 saturated carbocycles. The zero-order chi connectivity index (χ0) is 23.3. The lowest BCUT2D eigenvalue weighted by Gasteiger charge is -2.37. The molecule has 0 aromatic heterocycles. The molecule has 0 saturated heterocycles. The fourth-order valence-corrected chi connectivity index (χ4v) is 6.62. The first-order valence-electron chi connectivity index (χ1n) is 13.0. The Morgan fingerprint density at radius 3 is 2.35 bits per heavy atom. The van der Waals surface area contributed by atoms with Crippen molar-refractivity contribution in [2.24, 2.45) is 0 Å². The lowest BCUT2D eigenvalue weighted by atomic mass is 9.79. The van der Waals surface area contributed by atoms with Crippen molar-refractivity contribution in [1.29, 1.82) is 0 Å². The maximum absolute atomic E-state index is 2.62. The number of hydrogen-bond acceptors (Lipinski definition) is 1. The lowest BCUT2D eigenvalue weighted by molar-refractivity contribution is -0.433. The molecule has 3 heterocycles. The van der Waals surface area contributed by atoms with E-state index in [1.54, 1.807) is 16.8 Å². The lowest BCUT2D eigenvalue weighted by Crippen LogP contribution is -2.34. The van der Waals surface area contributed by atoms with Gasteiger partial charge >= 0.3 is 0 Å². The molecule has 2 nitrogen and oxygen atoms in total. The van der Waals surface area contributed by atoms with Crippen LogP contribution >= 0.6 is 0 Å². The van der Waals surface area contributed by atoms with Crippen LogP contribution < -0.4 is 4.90 Å². The second kappa shape index (κ2) is 8.27. The monoisotopic (exact) mass is 447 g/mol. The molecule has 3 aromatic carbocycles. The van der Waals surface area contributed by atoms with Crippen LogP contribution in [0.25, 0.3) is 16.8 Å². The highest BCUT2D eigenvalue weighted by atomic mass is 15.1. The van der Waals surface area contributed by atoms with Crippen molar-refractivity contribution in [2.45, 2.75) is 51.9 Å². The summed E-state index contributed by atoms with van der Waals surface area (Å²) in [6, 6.07) is 18.2. The molecule has 6 rings (SSSR count). The summed E-state index contributed by atoms with van der Waals surface area (Å²) >= 11 is 0. The predicted octanol–water partition coefficient (Wildman–Crippen LogP) is 7.20. The van der Waals surface area contributed by atoms with Crippen LogP contribution in [0.3, 0.4) is 0 Å². The highest BCUT2D eigenvalue weighted by molar-refractivity contribution is 6.07. The Labute approximate surface area is 203 Å². The number of rotatable bonds is 4. The topological polar surface area (TPSA) is 6.25 Å². The van der Waals surface area contributed by atoms with Crippen LogP contribution in [0.4, 0.5) is 11.4 Å². The van der Waals surface area contributed by atoms with E-state index in [4.69, 9.17) is 0 Å². The van der Waals surface area contributed by atoms with Crippen molar-refractivity contribution < 1.29 is 4.58 Å². The Bertz CT molecular complexity index is 1340. The van der Waals surface area contributed by atoms with Gasteiger partial charge in [-0.1, -0.05) is 42.5 Å². The van der Waals surface area contributed by atoms with E-state index >= 15 is 0 Å². The molecule has 34 heavy (non-hydrogen) atoms. The van der Waals surface area contributed by atoms with E-state index in [0.29, 0.717) is 0 Å². The molecular formula is C32H35N2+. The van der Waals surface area contributed by atoms with Gasteiger partial charge in [0.25, 0.3) is 0 Å². The Balaban J connectivity index is 1.32. The molecule has 0 atom stereocenters. The molecule has 0 fully saturated rings. The summed E-state index contributed by atoms with van der Waals surface area (Å²) in [5.74, 6) is 0. The van der Waals surface area contributed by atoms with Crippen LogP contribution in [-0.2, 0) is 18.3 Å². The van der Waals surface area contributed by atoms with E-state index in [0.717, 1.165) is 6.54 Å². The van der Waals surface area contributed by atoms with Gasteiger partial charge in [0.05, 0.1) is 5.41 Å². The van der Waals surface area contributed by atoms with Gasteiger partial charge in [-0.25, -0.2) is 0 Å². The Hall–Kier alpha value is -3.13. The van der Waals surface area contributed by atoms with Crippen molar-refractivity contribution in [2.75, 3.05) is 24.5 Å².